The third-order valence-electron chi connectivity index (χ3n) is 10.8. The summed E-state index contributed by atoms with van der Waals surface area (Å²) in [5.74, 6) is 0.533. The Hall–Kier alpha value is -6.24. The first-order chi connectivity index (χ1) is 27.9. The molecule has 7 rings (SSSR count). The van der Waals surface area contributed by atoms with Crippen molar-refractivity contribution in [1.29, 1.82) is 0 Å². The highest BCUT2D eigenvalue weighted by Gasteiger charge is 2.14. The second-order valence-corrected chi connectivity index (χ2v) is 14.8. The lowest BCUT2D eigenvalue weighted by Crippen LogP contribution is -2.00. The smallest absolute Gasteiger partial charge is 0.00928 e. The zero-order valence-electron chi connectivity index (χ0n) is 34.4. The third kappa shape index (κ3) is 9.82. The molecular formula is C58H60. The Morgan fingerprint density at radius 2 is 1.14 bits per heavy atom. The van der Waals surface area contributed by atoms with E-state index in [2.05, 4.69) is 217 Å². The van der Waals surface area contributed by atoms with E-state index in [0.717, 1.165) is 12.0 Å². The quantitative estimate of drug-likeness (QED) is 0.0860. The van der Waals surface area contributed by atoms with Gasteiger partial charge in [0.05, 0.1) is 0 Å². The van der Waals surface area contributed by atoms with Gasteiger partial charge in [0.25, 0.3) is 0 Å². The van der Waals surface area contributed by atoms with Crippen molar-refractivity contribution < 1.29 is 0 Å². The number of benzene rings is 7. The summed E-state index contributed by atoms with van der Waals surface area (Å²) >= 11 is 0. The number of allylic oxidation sites excluding steroid dienone is 10. The first kappa shape index (κ1) is 42.9. The molecule has 7 aromatic carbocycles. The molecule has 0 aliphatic rings. The predicted octanol–water partition coefficient (Wildman–Crippen LogP) is 17.7. The van der Waals surface area contributed by atoms with Gasteiger partial charge >= 0.3 is 0 Å². The molecule has 1 atom stereocenters. The van der Waals surface area contributed by atoms with Crippen molar-refractivity contribution in [2.24, 2.45) is 5.92 Å². The fourth-order valence-electron chi connectivity index (χ4n) is 7.87. The van der Waals surface area contributed by atoms with Crippen molar-refractivity contribution in [3.8, 4) is 22.3 Å². The van der Waals surface area contributed by atoms with Crippen molar-refractivity contribution >= 4 is 43.5 Å². The number of rotatable bonds is 12. The zero-order chi connectivity index (χ0) is 40.1. The molecule has 0 aromatic heterocycles. The van der Waals surface area contributed by atoms with Crippen LogP contribution in [0.4, 0.5) is 0 Å². The first-order valence-electron chi connectivity index (χ1n) is 20.5. The Bertz CT molecular complexity index is 2590. The monoisotopic (exact) mass is 756 g/mol. The van der Waals surface area contributed by atoms with E-state index in [0.29, 0.717) is 5.92 Å². The van der Waals surface area contributed by atoms with E-state index in [9.17, 15) is 0 Å². The van der Waals surface area contributed by atoms with Gasteiger partial charge in [0, 0.05) is 0 Å². The van der Waals surface area contributed by atoms with Gasteiger partial charge in [0.1, 0.15) is 0 Å². The Balaban J connectivity index is 0.000000230. The SMILES string of the molecule is C.C=C(C)c1cccc(-c2ccccc2-c2ccc3c4ccccc4c4ccccc4c3c2)c1.C=C/C(=C\C=C/C)C(=CCC)/C=C(/c1ccccc1)C(C)CCC. The van der Waals surface area contributed by atoms with Crippen molar-refractivity contribution in [3.05, 3.63) is 217 Å². The standard InChI is InChI=1S/C33H24.C24H32.CH4/c1-22(2)23-10-9-11-24(20-23)26-12-3-4-13-27(26)25-18-19-32-30-16-6-5-14-28(30)29-15-7-8-17-31(29)33(32)21-25;1-6-10-16-21(9-4)23(15-8-3)19-24(20(5)14-7-2)22-17-12-11-13-18-22;/h3-21H,1H2,2H3;6,9-13,15-20H,4,7-8,14H2,1-3,5H3;1H4/b;10-6-,21-16+,23-15?,24-19+;. The van der Waals surface area contributed by atoms with Gasteiger partial charge in [-0.15, -0.1) is 0 Å². The lowest BCUT2D eigenvalue weighted by Gasteiger charge is -2.17. The fourth-order valence-corrected chi connectivity index (χ4v) is 7.87. The summed E-state index contributed by atoms with van der Waals surface area (Å²) in [5, 5.41) is 7.82. The van der Waals surface area contributed by atoms with Gasteiger partial charge in [-0.2, -0.15) is 0 Å². The van der Waals surface area contributed by atoms with Crippen LogP contribution in [0.3, 0.4) is 0 Å². The lowest BCUT2D eigenvalue weighted by molar-refractivity contribution is 0.649. The largest absolute Gasteiger partial charge is 0.0984 e. The second kappa shape index (κ2) is 20.8. The highest BCUT2D eigenvalue weighted by atomic mass is 14.2. The zero-order valence-corrected chi connectivity index (χ0v) is 34.4. The normalized spacial score (nSPS) is 12.6. The Morgan fingerprint density at radius 3 is 1.69 bits per heavy atom. The van der Waals surface area contributed by atoms with Gasteiger partial charge in [0.15, 0.2) is 0 Å². The van der Waals surface area contributed by atoms with E-state index in [4.69, 9.17) is 0 Å². The Kier molecular flexibility index (Phi) is 15.4. The summed E-state index contributed by atoms with van der Waals surface area (Å²) in [6.45, 7) is 19.0. The molecule has 0 saturated carbocycles. The van der Waals surface area contributed by atoms with Crippen molar-refractivity contribution in [3.63, 3.8) is 0 Å². The summed E-state index contributed by atoms with van der Waals surface area (Å²) in [4.78, 5) is 0. The molecule has 0 saturated heterocycles. The maximum atomic E-state index is 4.13. The third-order valence-corrected chi connectivity index (χ3v) is 10.8. The van der Waals surface area contributed by atoms with Crippen LogP contribution in [0.1, 0.15) is 72.4 Å². The van der Waals surface area contributed by atoms with Gasteiger partial charge in [-0.1, -0.05) is 223 Å². The molecule has 0 fully saturated rings. The Labute approximate surface area is 349 Å². The van der Waals surface area contributed by atoms with Crippen LogP contribution in [0.25, 0.3) is 65.7 Å². The van der Waals surface area contributed by atoms with E-state index < -0.39 is 0 Å². The minimum Gasteiger partial charge on any atom is -0.0984 e. The second-order valence-electron chi connectivity index (χ2n) is 14.8. The molecule has 0 radical (unpaired) electrons. The van der Waals surface area contributed by atoms with Crippen molar-refractivity contribution in [1.82, 2.24) is 0 Å². The van der Waals surface area contributed by atoms with E-state index in [1.165, 1.54) is 95.3 Å². The summed E-state index contributed by atoms with van der Waals surface area (Å²) in [5.41, 5.74) is 12.4. The summed E-state index contributed by atoms with van der Waals surface area (Å²) in [6.07, 6.45) is 16.3. The maximum Gasteiger partial charge on any atom is -0.00928 e. The van der Waals surface area contributed by atoms with Crippen LogP contribution in [-0.4, -0.2) is 0 Å². The molecular weight excluding hydrogens is 697 g/mol. The van der Waals surface area contributed by atoms with Crippen LogP contribution < -0.4 is 0 Å². The minimum absolute atomic E-state index is 0. The molecule has 0 N–H and O–H groups in total. The molecule has 0 heteroatoms. The summed E-state index contributed by atoms with van der Waals surface area (Å²) < 4.78 is 0. The van der Waals surface area contributed by atoms with E-state index >= 15 is 0 Å². The van der Waals surface area contributed by atoms with E-state index in [-0.39, 0.29) is 7.43 Å². The summed E-state index contributed by atoms with van der Waals surface area (Å²) in [7, 11) is 0. The predicted molar refractivity (Wildman–Crippen MR) is 261 cm³/mol. The van der Waals surface area contributed by atoms with Gasteiger partial charge in [0.2, 0.25) is 0 Å². The topological polar surface area (TPSA) is 0 Å². The molecule has 0 aliphatic heterocycles. The molecule has 1 unspecified atom stereocenters. The fraction of sp³-hybridized carbons (Fsp3) is 0.172. The molecule has 0 aliphatic carbocycles. The van der Waals surface area contributed by atoms with Crippen LogP contribution in [-0.2, 0) is 0 Å². The van der Waals surface area contributed by atoms with Crippen LogP contribution in [0.15, 0.2) is 206 Å². The number of fused-ring (bicyclic) bond motifs is 6. The number of hydrogen-bond donors (Lipinski definition) is 0. The lowest BCUT2D eigenvalue weighted by atomic mass is 9.87. The molecule has 0 spiro atoms. The van der Waals surface area contributed by atoms with Gasteiger partial charge in [-0.25, -0.2) is 0 Å². The molecule has 58 heavy (non-hydrogen) atoms. The first-order valence-corrected chi connectivity index (χ1v) is 20.5. The van der Waals surface area contributed by atoms with Gasteiger partial charge in [-0.05, 0) is 127 Å². The number of hydrogen-bond acceptors (Lipinski definition) is 0. The van der Waals surface area contributed by atoms with Crippen LogP contribution >= 0.6 is 0 Å². The van der Waals surface area contributed by atoms with Crippen molar-refractivity contribution in [2.75, 3.05) is 0 Å². The van der Waals surface area contributed by atoms with Crippen LogP contribution in [0.5, 0.6) is 0 Å². The van der Waals surface area contributed by atoms with Crippen LogP contribution in [0, 0.1) is 5.92 Å². The molecule has 292 valence electrons. The highest BCUT2D eigenvalue weighted by Crippen LogP contribution is 2.39. The van der Waals surface area contributed by atoms with E-state index in [1.54, 1.807) is 0 Å². The molecule has 0 heterocycles. The maximum absolute atomic E-state index is 4.13. The molecule has 0 nitrogen and oxygen atoms in total. The minimum atomic E-state index is 0. The Morgan fingerprint density at radius 1 is 0.603 bits per heavy atom. The molecule has 7 aromatic rings. The van der Waals surface area contributed by atoms with E-state index in [1.807, 2.05) is 13.0 Å². The average molecular weight is 757 g/mol. The molecule has 0 bridgehead atoms. The van der Waals surface area contributed by atoms with Gasteiger partial charge < -0.3 is 0 Å². The average Bonchev–Trinajstić information content (AvgIpc) is 3.26. The highest BCUT2D eigenvalue weighted by molar-refractivity contribution is 6.25. The van der Waals surface area contributed by atoms with Crippen molar-refractivity contribution in [2.45, 2.75) is 61.3 Å². The molecule has 0 amide bonds. The summed E-state index contributed by atoms with van der Waals surface area (Å²) in [6, 6.07) is 52.5. The van der Waals surface area contributed by atoms with Crippen LogP contribution in [0.2, 0.25) is 0 Å². The van der Waals surface area contributed by atoms with Gasteiger partial charge in [-0.3, -0.25) is 0 Å².